The molecule has 130 valence electrons. The summed E-state index contributed by atoms with van der Waals surface area (Å²) in [6.45, 7) is 5.64. The fourth-order valence-electron chi connectivity index (χ4n) is 2.27. The Hall–Kier alpha value is -2.67. The van der Waals surface area contributed by atoms with Gasteiger partial charge in [-0.25, -0.2) is 9.78 Å². The van der Waals surface area contributed by atoms with Gasteiger partial charge in [-0.15, -0.1) is 11.3 Å². The Morgan fingerprint density at radius 1 is 1.20 bits per heavy atom. The fourth-order valence-corrected chi connectivity index (χ4v) is 3.12. The molecule has 0 unspecified atom stereocenters. The number of hydrogen-bond acceptors (Lipinski definition) is 6. The van der Waals surface area contributed by atoms with Crippen molar-refractivity contribution in [3.8, 4) is 5.75 Å². The molecule has 0 fully saturated rings. The summed E-state index contributed by atoms with van der Waals surface area (Å²) >= 11 is 1.41. The van der Waals surface area contributed by atoms with E-state index in [1.807, 2.05) is 39.0 Å². The molecule has 0 saturated carbocycles. The number of hydrogen-bond donors (Lipinski definition) is 0. The van der Waals surface area contributed by atoms with E-state index < -0.39 is 5.97 Å². The van der Waals surface area contributed by atoms with Gasteiger partial charge in [-0.3, -0.25) is 9.20 Å². The van der Waals surface area contributed by atoms with Crippen LogP contribution in [0.4, 0.5) is 0 Å². The van der Waals surface area contributed by atoms with Crippen LogP contribution in [0.2, 0.25) is 0 Å². The second-order valence-electron chi connectivity index (χ2n) is 5.78. The van der Waals surface area contributed by atoms with Crippen LogP contribution >= 0.6 is 11.3 Å². The quantitative estimate of drug-likeness (QED) is 0.656. The first-order chi connectivity index (χ1) is 11.9. The van der Waals surface area contributed by atoms with E-state index in [4.69, 9.17) is 9.47 Å². The van der Waals surface area contributed by atoms with Crippen LogP contribution in [-0.2, 0) is 16.1 Å². The first-order valence-electron chi connectivity index (χ1n) is 7.77. The molecule has 0 spiro atoms. The summed E-state index contributed by atoms with van der Waals surface area (Å²) in [7, 11) is 0. The average molecular weight is 358 g/mol. The van der Waals surface area contributed by atoms with E-state index in [1.165, 1.54) is 21.8 Å². The van der Waals surface area contributed by atoms with Gasteiger partial charge in [0.2, 0.25) is 0 Å². The van der Waals surface area contributed by atoms with E-state index >= 15 is 0 Å². The van der Waals surface area contributed by atoms with Crippen LogP contribution in [0.5, 0.6) is 5.75 Å². The summed E-state index contributed by atoms with van der Waals surface area (Å²) < 4.78 is 12.1. The Morgan fingerprint density at radius 3 is 2.76 bits per heavy atom. The third-order valence-corrected chi connectivity index (χ3v) is 4.65. The van der Waals surface area contributed by atoms with Gasteiger partial charge >= 0.3 is 5.97 Å². The molecule has 0 saturated heterocycles. The average Bonchev–Trinajstić information content (AvgIpc) is 2.95. The van der Waals surface area contributed by atoms with Gasteiger partial charge in [0.15, 0.2) is 11.6 Å². The van der Waals surface area contributed by atoms with Gasteiger partial charge in [0.05, 0.1) is 5.69 Å². The lowest BCUT2D eigenvalue weighted by Crippen LogP contribution is -2.17. The highest BCUT2D eigenvalue weighted by Crippen LogP contribution is 2.16. The molecule has 25 heavy (non-hydrogen) atoms. The zero-order valence-electron chi connectivity index (χ0n) is 14.2. The van der Waals surface area contributed by atoms with Gasteiger partial charge in [0.25, 0.3) is 5.56 Å². The molecule has 1 aromatic carbocycles. The molecule has 3 rings (SSSR count). The highest BCUT2D eigenvalue weighted by atomic mass is 32.1. The number of aromatic nitrogens is 2. The molecule has 0 N–H and O–H groups in total. The van der Waals surface area contributed by atoms with Crippen molar-refractivity contribution in [2.75, 3.05) is 6.61 Å². The number of carbonyl (C=O) groups is 1. The number of thiazole rings is 1. The minimum Gasteiger partial charge on any atom is -0.482 e. The maximum Gasteiger partial charge on any atom is 0.344 e. The molecular weight excluding hydrogens is 340 g/mol. The lowest BCUT2D eigenvalue weighted by Gasteiger charge is -2.08. The molecule has 0 aliphatic heterocycles. The summed E-state index contributed by atoms with van der Waals surface area (Å²) in [5.41, 5.74) is 2.49. The van der Waals surface area contributed by atoms with Crippen molar-refractivity contribution in [3.05, 3.63) is 62.5 Å². The van der Waals surface area contributed by atoms with Crippen molar-refractivity contribution in [2.24, 2.45) is 0 Å². The SMILES string of the molecule is Cc1cn2c(=O)cc(COC(=O)COc3ccc(C)c(C)c3)nc2s1. The molecule has 6 nitrogen and oxygen atoms in total. The molecule has 0 aliphatic carbocycles. The molecule has 0 radical (unpaired) electrons. The molecule has 0 bridgehead atoms. The molecule has 2 aromatic heterocycles. The zero-order valence-corrected chi connectivity index (χ0v) is 15.1. The molecular formula is C18H18N2O4S. The first-order valence-corrected chi connectivity index (χ1v) is 8.58. The number of carbonyl (C=O) groups excluding carboxylic acids is 1. The summed E-state index contributed by atoms with van der Waals surface area (Å²) in [5.74, 6) is 0.106. The smallest absolute Gasteiger partial charge is 0.344 e. The van der Waals surface area contributed by atoms with Crippen molar-refractivity contribution in [3.63, 3.8) is 0 Å². The van der Waals surface area contributed by atoms with E-state index in [0.717, 1.165) is 16.0 Å². The lowest BCUT2D eigenvalue weighted by molar-refractivity contribution is -0.147. The van der Waals surface area contributed by atoms with Crippen LogP contribution in [0.3, 0.4) is 0 Å². The number of nitrogens with zero attached hydrogens (tertiary/aromatic N) is 2. The zero-order chi connectivity index (χ0) is 18.0. The minimum atomic E-state index is -0.511. The predicted molar refractivity (Wildman–Crippen MR) is 95.3 cm³/mol. The Morgan fingerprint density at radius 2 is 2.00 bits per heavy atom. The summed E-state index contributed by atoms with van der Waals surface area (Å²) in [4.78, 5) is 29.7. The van der Waals surface area contributed by atoms with Gasteiger partial charge in [0.1, 0.15) is 12.4 Å². The molecule has 2 heterocycles. The van der Waals surface area contributed by atoms with Crippen LogP contribution in [0.15, 0.2) is 35.3 Å². The number of aryl methyl sites for hydroxylation is 3. The largest absolute Gasteiger partial charge is 0.482 e. The number of ether oxygens (including phenoxy) is 2. The molecule has 0 aliphatic rings. The maximum absolute atomic E-state index is 12.0. The van der Waals surface area contributed by atoms with E-state index in [-0.39, 0.29) is 18.8 Å². The van der Waals surface area contributed by atoms with E-state index in [2.05, 4.69) is 4.98 Å². The van der Waals surface area contributed by atoms with Gasteiger partial charge in [0, 0.05) is 17.1 Å². The van der Waals surface area contributed by atoms with Crippen LogP contribution in [0.25, 0.3) is 4.96 Å². The van der Waals surface area contributed by atoms with Crippen LogP contribution in [-0.4, -0.2) is 22.0 Å². The van der Waals surface area contributed by atoms with Crippen molar-refractivity contribution in [2.45, 2.75) is 27.4 Å². The van der Waals surface area contributed by atoms with Gasteiger partial charge in [-0.1, -0.05) is 6.07 Å². The number of esters is 1. The van der Waals surface area contributed by atoms with Gasteiger partial charge < -0.3 is 9.47 Å². The van der Waals surface area contributed by atoms with E-state index in [9.17, 15) is 9.59 Å². The monoisotopic (exact) mass is 358 g/mol. The van der Waals surface area contributed by atoms with Crippen molar-refractivity contribution in [1.82, 2.24) is 9.38 Å². The fraction of sp³-hybridized carbons (Fsp3) is 0.278. The van der Waals surface area contributed by atoms with Crippen molar-refractivity contribution >= 4 is 22.3 Å². The number of fused-ring (bicyclic) bond motifs is 1. The van der Waals surface area contributed by atoms with Crippen molar-refractivity contribution in [1.29, 1.82) is 0 Å². The van der Waals surface area contributed by atoms with E-state index in [1.54, 1.807) is 6.20 Å². The maximum atomic E-state index is 12.0. The second-order valence-corrected chi connectivity index (χ2v) is 6.99. The Balaban J connectivity index is 1.58. The molecule has 3 aromatic rings. The second kappa shape index (κ2) is 7.06. The van der Waals surface area contributed by atoms with Gasteiger partial charge in [-0.05, 0) is 44.0 Å². The molecule has 0 amide bonds. The Kier molecular flexibility index (Phi) is 4.85. The van der Waals surface area contributed by atoms with Crippen LogP contribution in [0, 0.1) is 20.8 Å². The Bertz CT molecular complexity index is 990. The summed E-state index contributed by atoms with van der Waals surface area (Å²) in [6, 6.07) is 6.99. The minimum absolute atomic E-state index is 0.0577. The highest BCUT2D eigenvalue weighted by molar-refractivity contribution is 7.16. The highest BCUT2D eigenvalue weighted by Gasteiger charge is 2.09. The lowest BCUT2D eigenvalue weighted by atomic mass is 10.1. The topological polar surface area (TPSA) is 69.9 Å². The summed E-state index contributed by atoms with van der Waals surface area (Å²) in [6.07, 6.45) is 1.74. The number of benzene rings is 1. The van der Waals surface area contributed by atoms with E-state index in [0.29, 0.717) is 16.4 Å². The molecule has 0 atom stereocenters. The van der Waals surface area contributed by atoms with Crippen LogP contribution in [0.1, 0.15) is 21.7 Å². The van der Waals surface area contributed by atoms with Gasteiger partial charge in [-0.2, -0.15) is 0 Å². The molecule has 7 heteroatoms. The Labute approximate surface area is 148 Å². The third-order valence-electron chi connectivity index (χ3n) is 3.75. The normalized spacial score (nSPS) is 10.8. The summed E-state index contributed by atoms with van der Waals surface area (Å²) in [5, 5.41) is 0. The van der Waals surface area contributed by atoms with Crippen LogP contribution < -0.4 is 10.3 Å². The third kappa shape index (κ3) is 4.06. The van der Waals surface area contributed by atoms with Crippen molar-refractivity contribution < 1.29 is 14.3 Å². The standard InChI is InChI=1S/C18H18N2O4S/c1-11-4-5-15(6-12(11)2)23-10-17(22)24-9-14-7-16(21)20-8-13(3)25-18(20)19-14/h4-8H,9-10H2,1-3H3. The first kappa shape index (κ1) is 17.2. The predicted octanol–water partition coefficient (Wildman–Crippen LogP) is 2.80. The number of rotatable bonds is 5.